The summed E-state index contributed by atoms with van der Waals surface area (Å²) in [6.45, 7) is 4.46. The Bertz CT molecular complexity index is 777. The van der Waals surface area contributed by atoms with Crippen LogP contribution in [-0.4, -0.2) is 43.1 Å². The molecule has 144 valence electrons. The van der Waals surface area contributed by atoms with Gasteiger partial charge < -0.3 is 19.7 Å². The van der Waals surface area contributed by atoms with Crippen LogP contribution >= 0.6 is 0 Å². The first kappa shape index (κ1) is 19.0. The van der Waals surface area contributed by atoms with Crippen molar-refractivity contribution in [1.29, 1.82) is 0 Å². The fourth-order valence-electron chi connectivity index (χ4n) is 3.36. The van der Waals surface area contributed by atoms with E-state index in [0.29, 0.717) is 29.5 Å². The quantitative estimate of drug-likeness (QED) is 0.843. The van der Waals surface area contributed by atoms with Crippen molar-refractivity contribution < 1.29 is 14.3 Å². The molecular formula is C21H27N3O3. The number of nitrogens with one attached hydrogen (secondary N) is 1. The number of ether oxygens (including phenoxy) is 2. The van der Waals surface area contributed by atoms with E-state index in [1.54, 1.807) is 20.4 Å². The Labute approximate surface area is 160 Å². The van der Waals surface area contributed by atoms with Crippen LogP contribution in [0.2, 0.25) is 0 Å². The number of rotatable bonds is 6. The predicted molar refractivity (Wildman–Crippen MR) is 105 cm³/mol. The van der Waals surface area contributed by atoms with Crippen molar-refractivity contribution >= 4 is 11.7 Å². The van der Waals surface area contributed by atoms with Crippen molar-refractivity contribution in [3.8, 4) is 11.5 Å². The van der Waals surface area contributed by atoms with Gasteiger partial charge in [0.2, 0.25) is 0 Å². The summed E-state index contributed by atoms with van der Waals surface area (Å²) in [7, 11) is 3.24. The van der Waals surface area contributed by atoms with Crippen molar-refractivity contribution in [3.63, 3.8) is 0 Å². The van der Waals surface area contributed by atoms with Gasteiger partial charge in [-0.15, -0.1) is 0 Å². The minimum absolute atomic E-state index is 0.0699. The number of nitrogens with zero attached hydrogens (tertiary/aromatic N) is 2. The van der Waals surface area contributed by atoms with E-state index in [9.17, 15) is 4.79 Å². The molecule has 6 heteroatoms. The van der Waals surface area contributed by atoms with Crippen LogP contribution in [0.15, 0.2) is 36.5 Å². The third-order valence-electron chi connectivity index (χ3n) is 4.88. The number of benzene rings is 1. The number of anilines is 1. The second-order valence-electron chi connectivity index (χ2n) is 6.97. The van der Waals surface area contributed by atoms with E-state index in [-0.39, 0.29) is 5.91 Å². The molecule has 1 fully saturated rings. The summed E-state index contributed by atoms with van der Waals surface area (Å²) in [5.41, 5.74) is 1.69. The second kappa shape index (κ2) is 8.75. The highest BCUT2D eigenvalue weighted by Gasteiger charge is 2.22. The van der Waals surface area contributed by atoms with Gasteiger partial charge in [-0.2, -0.15) is 0 Å². The molecule has 1 aromatic heterocycles. The van der Waals surface area contributed by atoms with Gasteiger partial charge in [0.05, 0.1) is 19.8 Å². The third-order valence-corrected chi connectivity index (χ3v) is 4.88. The summed E-state index contributed by atoms with van der Waals surface area (Å²) >= 11 is 0. The van der Waals surface area contributed by atoms with Gasteiger partial charge >= 0.3 is 0 Å². The van der Waals surface area contributed by atoms with E-state index in [4.69, 9.17) is 9.47 Å². The molecular weight excluding hydrogens is 342 g/mol. The average molecular weight is 369 g/mol. The number of aromatic nitrogens is 1. The monoisotopic (exact) mass is 369 g/mol. The van der Waals surface area contributed by atoms with Crippen molar-refractivity contribution in [2.45, 2.75) is 26.3 Å². The Morgan fingerprint density at radius 3 is 2.70 bits per heavy atom. The van der Waals surface area contributed by atoms with Crippen molar-refractivity contribution in [1.82, 2.24) is 9.88 Å². The molecule has 27 heavy (non-hydrogen) atoms. The van der Waals surface area contributed by atoms with Crippen LogP contribution in [0.4, 0.5) is 5.82 Å². The lowest BCUT2D eigenvalue weighted by molar-refractivity contribution is 0.0682. The molecule has 2 heterocycles. The van der Waals surface area contributed by atoms with E-state index in [0.717, 1.165) is 30.9 Å². The van der Waals surface area contributed by atoms with Crippen molar-refractivity contribution in [2.75, 3.05) is 32.6 Å². The summed E-state index contributed by atoms with van der Waals surface area (Å²) < 4.78 is 10.6. The number of likely N-dealkylation sites (tertiary alicyclic amines) is 1. The largest absolute Gasteiger partial charge is 0.493 e. The molecule has 1 unspecified atom stereocenters. The van der Waals surface area contributed by atoms with Crippen LogP contribution in [0.25, 0.3) is 0 Å². The Kier molecular flexibility index (Phi) is 6.16. The summed E-state index contributed by atoms with van der Waals surface area (Å²) in [5, 5.41) is 3.27. The highest BCUT2D eigenvalue weighted by molar-refractivity contribution is 5.94. The fraction of sp³-hybridized carbons (Fsp3) is 0.429. The predicted octanol–water partition coefficient (Wildman–Crippen LogP) is 3.58. The lowest BCUT2D eigenvalue weighted by Gasteiger charge is -2.30. The molecule has 1 aromatic carbocycles. The average Bonchev–Trinajstić information content (AvgIpc) is 2.71. The molecule has 0 saturated carbocycles. The number of hydrogen-bond acceptors (Lipinski definition) is 5. The normalized spacial score (nSPS) is 16.7. The van der Waals surface area contributed by atoms with Gasteiger partial charge in [0.1, 0.15) is 5.82 Å². The molecule has 1 N–H and O–H groups in total. The van der Waals surface area contributed by atoms with Gasteiger partial charge in [-0.05, 0) is 48.6 Å². The number of amides is 1. The molecule has 1 amide bonds. The summed E-state index contributed by atoms with van der Waals surface area (Å²) in [4.78, 5) is 18.9. The van der Waals surface area contributed by atoms with E-state index < -0.39 is 0 Å². The molecule has 0 radical (unpaired) electrons. The van der Waals surface area contributed by atoms with Gasteiger partial charge in [0, 0.05) is 25.8 Å². The van der Waals surface area contributed by atoms with E-state index in [1.807, 2.05) is 35.2 Å². The highest BCUT2D eigenvalue weighted by atomic mass is 16.5. The Balaban J connectivity index is 1.60. The number of piperidine rings is 1. The number of carbonyl (C=O) groups excluding carboxylic acids is 1. The molecule has 1 aliphatic rings. The number of methoxy groups -OCH3 is 2. The summed E-state index contributed by atoms with van der Waals surface area (Å²) in [5.74, 6) is 2.77. The van der Waals surface area contributed by atoms with Gasteiger partial charge in [-0.3, -0.25) is 4.79 Å². The zero-order chi connectivity index (χ0) is 19.2. The first-order valence-corrected chi connectivity index (χ1v) is 9.31. The molecule has 1 aliphatic heterocycles. The van der Waals surface area contributed by atoms with Gasteiger partial charge in [-0.1, -0.05) is 13.0 Å². The van der Waals surface area contributed by atoms with Gasteiger partial charge in [0.25, 0.3) is 5.91 Å². The first-order valence-electron chi connectivity index (χ1n) is 9.31. The molecule has 3 rings (SSSR count). The zero-order valence-electron chi connectivity index (χ0n) is 16.2. The lowest BCUT2D eigenvalue weighted by atomic mass is 10.00. The van der Waals surface area contributed by atoms with E-state index >= 15 is 0 Å². The van der Waals surface area contributed by atoms with Crippen LogP contribution in [0.3, 0.4) is 0 Å². The fourth-order valence-corrected chi connectivity index (χ4v) is 3.36. The molecule has 0 spiro atoms. The van der Waals surface area contributed by atoms with Crippen molar-refractivity contribution in [2.24, 2.45) is 5.92 Å². The van der Waals surface area contributed by atoms with E-state index in [1.165, 1.54) is 6.42 Å². The second-order valence-corrected chi connectivity index (χ2v) is 6.97. The van der Waals surface area contributed by atoms with Crippen LogP contribution in [0.5, 0.6) is 11.5 Å². The minimum atomic E-state index is 0.0699. The third kappa shape index (κ3) is 4.70. The van der Waals surface area contributed by atoms with Crippen LogP contribution in [0, 0.1) is 5.92 Å². The molecule has 1 saturated heterocycles. The Morgan fingerprint density at radius 2 is 2.04 bits per heavy atom. The number of pyridine rings is 1. The number of carbonyl (C=O) groups is 1. The van der Waals surface area contributed by atoms with Gasteiger partial charge in [-0.25, -0.2) is 4.98 Å². The number of hydrogen-bond donors (Lipinski definition) is 1. The SMILES string of the molecule is COc1ccc(CNc2ccc(C(=O)N3CCCC(C)C3)cn2)cc1OC. The van der Waals surface area contributed by atoms with Gasteiger partial charge in [0.15, 0.2) is 11.5 Å². The summed E-state index contributed by atoms with van der Waals surface area (Å²) in [6, 6.07) is 9.47. The molecule has 6 nitrogen and oxygen atoms in total. The molecule has 2 aromatic rings. The Hall–Kier alpha value is -2.76. The van der Waals surface area contributed by atoms with Crippen LogP contribution in [0.1, 0.15) is 35.7 Å². The maximum atomic E-state index is 12.6. The maximum Gasteiger partial charge on any atom is 0.255 e. The molecule has 0 aliphatic carbocycles. The smallest absolute Gasteiger partial charge is 0.255 e. The molecule has 0 bridgehead atoms. The van der Waals surface area contributed by atoms with Crippen molar-refractivity contribution in [3.05, 3.63) is 47.7 Å². The van der Waals surface area contributed by atoms with Crippen LogP contribution < -0.4 is 14.8 Å². The first-order chi connectivity index (χ1) is 13.1. The highest BCUT2D eigenvalue weighted by Crippen LogP contribution is 2.27. The Morgan fingerprint density at radius 1 is 1.22 bits per heavy atom. The maximum absolute atomic E-state index is 12.6. The standard InChI is InChI=1S/C21H27N3O3/c1-15-5-4-10-24(14-15)21(25)17-7-9-20(23-13-17)22-12-16-6-8-18(26-2)19(11-16)27-3/h6-9,11,13,15H,4-5,10,12,14H2,1-3H3,(H,22,23). The zero-order valence-corrected chi connectivity index (χ0v) is 16.2. The topological polar surface area (TPSA) is 63.7 Å². The minimum Gasteiger partial charge on any atom is -0.493 e. The summed E-state index contributed by atoms with van der Waals surface area (Å²) in [6.07, 6.45) is 3.92. The van der Waals surface area contributed by atoms with E-state index in [2.05, 4.69) is 17.2 Å². The molecule has 1 atom stereocenters. The van der Waals surface area contributed by atoms with Crippen LogP contribution in [-0.2, 0) is 6.54 Å². The lowest BCUT2D eigenvalue weighted by Crippen LogP contribution is -2.39.